The van der Waals surface area contributed by atoms with Gasteiger partial charge >= 0.3 is 0 Å². The van der Waals surface area contributed by atoms with Gasteiger partial charge in [-0.1, -0.05) is 39.9 Å². The van der Waals surface area contributed by atoms with Crippen LogP contribution < -0.4 is 0 Å². The first-order valence-corrected chi connectivity index (χ1v) is 5.66. The second-order valence-electron chi connectivity index (χ2n) is 5.82. The first-order valence-electron chi connectivity index (χ1n) is 5.25. The van der Waals surface area contributed by atoms with E-state index in [1.54, 1.807) is 0 Å². The molecule has 1 aliphatic rings. The van der Waals surface area contributed by atoms with Crippen molar-refractivity contribution in [1.29, 1.82) is 0 Å². The fourth-order valence-electron chi connectivity index (χ4n) is 3.30. The Balaban J connectivity index is 2.58. The van der Waals surface area contributed by atoms with Crippen LogP contribution in [-0.2, 0) is 4.79 Å². The molecular weight excluding hydrogens is 192 g/mol. The maximum atomic E-state index is 10.3. The van der Waals surface area contributed by atoms with Crippen molar-refractivity contribution in [3.05, 3.63) is 0 Å². The van der Waals surface area contributed by atoms with E-state index >= 15 is 0 Å². The Morgan fingerprint density at radius 3 is 2.21 bits per heavy atom. The van der Waals surface area contributed by atoms with Crippen molar-refractivity contribution in [2.45, 2.75) is 47.0 Å². The average Bonchev–Trinajstić information content (AvgIpc) is 1.98. The molecule has 1 aliphatic carbocycles. The molecule has 0 unspecified atom stereocenters. The lowest BCUT2D eigenvalue weighted by Crippen LogP contribution is -2.50. The summed E-state index contributed by atoms with van der Waals surface area (Å²) in [6.07, 6.45) is 3.57. The monoisotopic (exact) mass is 212 g/mol. The smallest absolute Gasteiger partial charge is 0.124 e. The fourth-order valence-corrected chi connectivity index (χ4v) is 3.54. The molecule has 2 heteroatoms. The number of thiocarbonyl (C=S) groups is 1. The van der Waals surface area contributed by atoms with E-state index in [0.29, 0.717) is 23.2 Å². The van der Waals surface area contributed by atoms with Gasteiger partial charge in [-0.05, 0) is 29.6 Å². The molecule has 0 radical (unpaired) electrons. The fraction of sp³-hybridized carbons (Fsp3) is 0.833. The van der Waals surface area contributed by atoms with Crippen LogP contribution in [0.25, 0.3) is 0 Å². The first kappa shape index (κ1) is 11.8. The highest BCUT2D eigenvalue weighted by molar-refractivity contribution is 7.80. The van der Waals surface area contributed by atoms with Gasteiger partial charge in [-0.3, -0.25) is 0 Å². The molecule has 0 atom stereocenters. The molecule has 1 fully saturated rings. The molecule has 0 aromatic heterocycles. The topological polar surface area (TPSA) is 17.1 Å². The summed E-state index contributed by atoms with van der Waals surface area (Å²) in [5, 5.41) is 0. The van der Waals surface area contributed by atoms with E-state index < -0.39 is 0 Å². The summed E-state index contributed by atoms with van der Waals surface area (Å²) in [5.41, 5.74) is 0.799. The van der Waals surface area contributed by atoms with Gasteiger partial charge in [0.1, 0.15) is 6.29 Å². The average molecular weight is 212 g/mol. The van der Waals surface area contributed by atoms with Crippen LogP contribution in [0.2, 0.25) is 0 Å². The van der Waals surface area contributed by atoms with Crippen LogP contribution in [-0.4, -0.2) is 11.2 Å². The van der Waals surface area contributed by atoms with Crippen LogP contribution in [0.4, 0.5) is 0 Å². The highest BCUT2D eigenvalue weighted by atomic mass is 32.1. The quantitative estimate of drug-likeness (QED) is 0.525. The highest BCUT2D eigenvalue weighted by Gasteiger charge is 2.52. The molecular formula is C12H20OS. The number of rotatable bonds is 4. The van der Waals surface area contributed by atoms with Gasteiger partial charge in [0.05, 0.1) is 0 Å². The number of aldehydes is 1. The Bertz CT molecular complexity index is 239. The maximum absolute atomic E-state index is 10.3. The van der Waals surface area contributed by atoms with Crippen LogP contribution in [0.3, 0.4) is 0 Å². The molecule has 0 aliphatic heterocycles. The van der Waals surface area contributed by atoms with Crippen molar-refractivity contribution in [2.75, 3.05) is 0 Å². The zero-order valence-electron chi connectivity index (χ0n) is 9.59. The van der Waals surface area contributed by atoms with Crippen LogP contribution in [0.1, 0.15) is 47.0 Å². The van der Waals surface area contributed by atoms with Gasteiger partial charge in [0.25, 0.3) is 0 Å². The summed E-state index contributed by atoms with van der Waals surface area (Å²) in [7, 11) is 0. The van der Waals surface area contributed by atoms with Crippen molar-refractivity contribution in [2.24, 2.45) is 16.7 Å². The molecule has 0 bridgehead atoms. The van der Waals surface area contributed by atoms with Gasteiger partial charge in [-0.2, -0.15) is 0 Å². The first-order chi connectivity index (χ1) is 6.29. The van der Waals surface area contributed by atoms with Gasteiger partial charge in [0.15, 0.2) is 0 Å². The van der Waals surface area contributed by atoms with E-state index in [-0.39, 0.29) is 0 Å². The van der Waals surface area contributed by atoms with E-state index in [4.69, 9.17) is 12.2 Å². The molecule has 0 amide bonds. The summed E-state index contributed by atoms with van der Waals surface area (Å²) in [6.45, 7) is 9.19. The Hall–Kier alpha value is -0.240. The van der Waals surface area contributed by atoms with Crippen LogP contribution in [0.15, 0.2) is 0 Å². The summed E-state index contributed by atoms with van der Waals surface area (Å²) in [4.78, 5) is 11.3. The Morgan fingerprint density at radius 1 is 1.36 bits per heavy atom. The van der Waals surface area contributed by atoms with E-state index in [1.807, 2.05) is 0 Å². The number of hydrogen-bond donors (Lipinski definition) is 0. The normalized spacial score (nSPS) is 24.0. The zero-order chi connectivity index (χ0) is 11.0. The largest absolute Gasteiger partial charge is 0.303 e. The van der Waals surface area contributed by atoms with Gasteiger partial charge in [0, 0.05) is 11.3 Å². The number of carbonyl (C=O) groups excluding carboxylic acids is 1. The number of carbonyl (C=O) groups is 1. The molecule has 1 saturated carbocycles. The maximum Gasteiger partial charge on any atom is 0.124 e. The molecule has 1 rings (SSSR count). The standard InChI is InChI=1S/C12H20OS/c1-11(2)8-12(3,4)10(11)7-9(14)5-6-13/h6,10H,5,7-8H2,1-4H3. The minimum absolute atomic E-state index is 0.399. The molecule has 0 heterocycles. The van der Waals surface area contributed by atoms with Crippen LogP contribution in [0.5, 0.6) is 0 Å². The zero-order valence-corrected chi connectivity index (χ0v) is 10.4. The summed E-state index contributed by atoms with van der Waals surface area (Å²) in [6, 6.07) is 0. The summed E-state index contributed by atoms with van der Waals surface area (Å²) < 4.78 is 0. The third-order valence-electron chi connectivity index (χ3n) is 3.54. The van der Waals surface area contributed by atoms with E-state index in [9.17, 15) is 4.79 Å². The lowest BCUT2D eigenvalue weighted by Gasteiger charge is -2.58. The molecule has 80 valence electrons. The van der Waals surface area contributed by atoms with Crippen molar-refractivity contribution < 1.29 is 4.79 Å². The summed E-state index contributed by atoms with van der Waals surface area (Å²) >= 11 is 5.20. The third kappa shape index (κ3) is 2.22. The van der Waals surface area contributed by atoms with Crippen molar-refractivity contribution in [1.82, 2.24) is 0 Å². The third-order valence-corrected chi connectivity index (χ3v) is 3.87. The molecule has 0 aromatic rings. The Labute approximate surface area is 92.3 Å². The molecule has 0 spiro atoms. The Morgan fingerprint density at radius 2 is 1.86 bits per heavy atom. The van der Waals surface area contributed by atoms with Crippen LogP contribution in [0, 0.1) is 16.7 Å². The van der Waals surface area contributed by atoms with Gasteiger partial charge in [-0.25, -0.2) is 0 Å². The SMILES string of the molecule is CC1(C)CC(C)(C)C1CC(=S)CC=O. The minimum Gasteiger partial charge on any atom is -0.303 e. The van der Waals surface area contributed by atoms with E-state index in [0.717, 1.165) is 17.6 Å². The molecule has 14 heavy (non-hydrogen) atoms. The van der Waals surface area contributed by atoms with Crippen molar-refractivity contribution in [3.63, 3.8) is 0 Å². The van der Waals surface area contributed by atoms with Gasteiger partial charge in [-0.15, -0.1) is 0 Å². The molecule has 0 aromatic carbocycles. The van der Waals surface area contributed by atoms with E-state index in [1.165, 1.54) is 6.42 Å². The molecule has 0 saturated heterocycles. The molecule has 0 N–H and O–H groups in total. The second kappa shape index (κ2) is 3.73. The van der Waals surface area contributed by atoms with Crippen molar-refractivity contribution >= 4 is 23.4 Å². The molecule has 1 nitrogen and oxygen atoms in total. The van der Waals surface area contributed by atoms with Gasteiger partial charge in [0.2, 0.25) is 0 Å². The summed E-state index contributed by atoms with van der Waals surface area (Å²) in [5.74, 6) is 0.641. The highest BCUT2D eigenvalue weighted by Crippen LogP contribution is 2.60. The predicted octanol–water partition coefficient (Wildman–Crippen LogP) is 3.41. The predicted molar refractivity (Wildman–Crippen MR) is 63.6 cm³/mol. The lowest BCUT2D eigenvalue weighted by molar-refractivity contribution is -0.107. The van der Waals surface area contributed by atoms with E-state index in [2.05, 4.69) is 27.7 Å². The minimum atomic E-state index is 0.399. The van der Waals surface area contributed by atoms with Crippen LogP contribution >= 0.6 is 12.2 Å². The Kier molecular flexibility index (Phi) is 3.15. The van der Waals surface area contributed by atoms with Gasteiger partial charge < -0.3 is 4.79 Å². The number of hydrogen-bond acceptors (Lipinski definition) is 2. The lowest BCUT2D eigenvalue weighted by atomic mass is 9.47. The second-order valence-corrected chi connectivity index (χ2v) is 6.40. The van der Waals surface area contributed by atoms with Crippen molar-refractivity contribution in [3.8, 4) is 0 Å².